The fourth-order valence-electron chi connectivity index (χ4n) is 1.57. The van der Waals surface area contributed by atoms with Gasteiger partial charge >= 0.3 is 0 Å². The predicted octanol–water partition coefficient (Wildman–Crippen LogP) is 2.45. The molecule has 0 spiro atoms. The van der Waals surface area contributed by atoms with Crippen LogP contribution in [0.25, 0.3) is 11.3 Å². The first kappa shape index (κ1) is 10.2. The number of rotatable bonds is 1. The van der Waals surface area contributed by atoms with Gasteiger partial charge < -0.3 is 19.7 Å². The fourth-order valence-corrected chi connectivity index (χ4v) is 1.82. The van der Waals surface area contributed by atoms with Gasteiger partial charge in [0.25, 0.3) is 0 Å². The summed E-state index contributed by atoms with van der Waals surface area (Å²) in [6.07, 6.45) is 0. The Bertz CT molecular complexity index is 599. The first-order valence-corrected chi connectivity index (χ1v) is 5.05. The Kier molecular flexibility index (Phi) is 2.12. The summed E-state index contributed by atoms with van der Waals surface area (Å²) in [5.74, 6) is 0.238. The third-order valence-corrected chi connectivity index (χ3v) is 2.68. The maximum atomic E-state index is 14.0. The Morgan fingerprint density at radius 1 is 1.35 bits per heavy atom. The van der Waals surface area contributed by atoms with Crippen LogP contribution in [-0.2, 0) is 0 Å². The molecule has 7 heteroatoms. The Balaban J connectivity index is 2.21. The van der Waals surface area contributed by atoms with E-state index in [2.05, 4.69) is 5.16 Å². The van der Waals surface area contributed by atoms with Crippen molar-refractivity contribution in [2.24, 2.45) is 0 Å². The van der Waals surface area contributed by atoms with Crippen LogP contribution in [0.5, 0.6) is 11.5 Å². The standard InChI is InChI=1S/C10H6ClFN2O3/c11-8-9(12)4(5-2-7(13)14-17-5)1-6-10(8)16-3-15-6/h1-2H,3H2,(H2,13,14). The molecule has 2 N–H and O–H groups in total. The molecule has 1 aromatic heterocycles. The fraction of sp³-hybridized carbons (Fsp3) is 0.100. The van der Waals surface area contributed by atoms with Crippen LogP contribution in [0.3, 0.4) is 0 Å². The molecule has 1 aromatic carbocycles. The van der Waals surface area contributed by atoms with Crippen LogP contribution in [0.4, 0.5) is 10.2 Å². The number of nitrogens with zero attached hydrogens (tertiary/aromatic N) is 1. The Morgan fingerprint density at radius 2 is 2.18 bits per heavy atom. The number of halogens is 2. The zero-order valence-corrected chi connectivity index (χ0v) is 9.12. The van der Waals surface area contributed by atoms with Gasteiger partial charge in [-0.25, -0.2) is 4.39 Å². The first-order chi connectivity index (χ1) is 8.16. The van der Waals surface area contributed by atoms with Crippen molar-refractivity contribution >= 4 is 17.4 Å². The van der Waals surface area contributed by atoms with E-state index in [-0.39, 0.29) is 34.7 Å². The van der Waals surface area contributed by atoms with Crippen molar-refractivity contribution in [1.29, 1.82) is 0 Å². The molecule has 0 amide bonds. The van der Waals surface area contributed by atoms with Gasteiger partial charge in [0.2, 0.25) is 6.79 Å². The first-order valence-electron chi connectivity index (χ1n) is 4.67. The van der Waals surface area contributed by atoms with E-state index in [9.17, 15) is 4.39 Å². The third kappa shape index (κ3) is 1.49. The molecule has 2 aromatic rings. The van der Waals surface area contributed by atoms with Crippen molar-refractivity contribution < 1.29 is 18.4 Å². The monoisotopic (exact) mass is 256 g/mol. The average molecular weight is 257 g/mol. The highest BCUT2D eigenvalue weighted by Gasteiger charge is 2.25. The molecule has 0 unspecified atom stereocenters. The van der Waals surface area contributed by atoms with Crippen molar-refractivity contribution in [2.75, 3.05) is 12.5 Å². The van der Waals surface area contributed by atoms with Gasteiger partial charge in [-0.1, -0.05) is 16.8 Å². The summed E-state index contributed by atoms with van der Waals surface area (Å²) < 4.78 is 29.0. The number of hydrogen-bond acceptors (Lipinski definition) is 5. The molecule has 0 fully saturated rings. The predicted molar refractivity (Wildman–Crippen MR) is 57.4 cm³/mol. The second-order valence-electron chi connectivity index (χ2n) is 3.40. The van der Waals surface area contributed by atoms with E-state index in [0.717, 1.165) is 0 Å². The summed E-state index contributed by atoms with van der Waals surface area (Å²) in [6.45, 7) is 0.0104. The normalized spacial score (nSPS) is 13.1. The van der Waals surface area contributed by atoms with E-state index in [1.54, 1.807) is 0 Å². The number of nitrogen functional groups attached to an aromatic ring is 1. The Labute approximate surface area is 99.8 Å². The van der Waals surface area contributed by atoms with Gasteiger partial charge in [-0.05, 0) is 6.07 Å². The van der Waals surface area contributed by atoms with Crippen molar-refractivity contribution in [2.45, 2.75) is 0 Å². The van der Waals surface area contributed by atoms with Gasteiger partial charge in [-0.15, -0.1) is 0 Å². The summed E-state index contributed by atoms with van der Waals surface area (Å²) in [4.78, 5) is 0. The molecular formula is C10H6ClFN2O3. The lowest BCUT2D eigenvalue weighted by Crippen LogP contribution is -1.93. The molecule has 3 rings (SSSR count). The molecule has 0 saturated heterocycles. The SMILES string of the molecule is Nc1cc(-c2cc3c(c(Cl)c2F)OCO3)on1. The average Bonchev–Trinajstić information content (AvgIpc) is 2.91. The van der Waals surface area contributed by atoms with Crippen LogP contribution in [0.1, 0.15) is 0 Å². The lowest BCUT2D eigenvalue weighted by Gasteiger charge is -2.04. The zero-order valence-electron chi connectivity index (χ0n) is 8.37. The number of benzene rings is 1. The highest BCUT2D eigenvalue weighted by Crippen LogP contribution is 2.44. The van der Waals surface area contributed by atoms with E-state index in [0.29, 0.717) is 5.75 Å². The molecule has 0 bridgehead atoms. The minimum absolute atomic E-state index is 0.0104. The summed E-state index contributed by atoms with van der Waals surface area (Å²) in [5, 5.41) is 3.33. The lowest BCUT2D eigenvalue weighted by atomic mass is 10.1. The van der Waals surface area contributed by atoms with Crippen LogP contribution in [-0.4, -0.2) is 11.9 Å². The largest absolute Gasteiger partial charge is 0.454 e. The topological polar surface area (TPSA) is 70.5 Å². The Morgan fingerprint density at radius 3 is 2.88 bits per heavy atom. The van der Waals surface area contributed by atoms with Crippen LogP contribution < -0.4 is 15.2 Å². The van der Waals surface area contributed by atoms with Gasteiger partial charge in [0.15, 0.2) is 28.9 Å². The second kappa shape index (κ2) is 3.53. The molecule has 17 heavy (non-hydrogen) atoms. The summed E-state index contributed by atoms with van der Waals surface area (Å²) in [5.41, 5.74) is 5.53. The van der Waals surface area contributed by atoms with Gasteiger partial charge in [0.05, 0.1) is 5.56 Å². The molecule has 1 aliphatic heterocycles. The number of ether oxygens (including phenoxy) is 2. The quantitative estimate of drug-likeness (QED) is 0.849. The molecule has 0 atom stereocenters. The Hall–Kier alpha value is -1.95. The molecule has 88 valence electrons. The number of nitrogens with two attached hydrogens (primary N) is 1. The van der Waals surface area contributed by atoms with E-state index in [1.807, 2.05) is 0 Å². The highest BCUT2D eigenvalue weighted by atomic mass is 35.5. The summed E-state index contributed by atoms with van der Waals surface area (Å²) in [6, 6.07) is 2.83. The van der Waals surface area contributed by atoms with E-state index in [1.165, 1.54) is 12.1 Å². The number of fused-ring (bicyclic) bond motifs is 1. The van der Waals surface area contributed by atoms with E-state index < -0.39 is 5.82 Å². The summed E-state index contributed by atoms with van der Waals surface area (Å²) >= 11 is 5.83. The van der Waals surface area contributed by atoms with Crippen LogP contribution in [0.2, 0.25) is 5.02 Å². The van der Waals surface area contributed by atoms with Crippen molar-refractivity contribution in [3.8, 4) is 22.8 Å². The molecule has 0 radical (unpaired) electrons. The smallest absolute Gasteiger partial charge is 0.231 e. The molecular weight excluding hydrogens is 251 g/mol. The number of anilines is 1. The van der Waals surface area contributed by atoms with Gasteiger partial charge in [0, 0.05) is 6.07 Å². The van der Waals surface area contributed by atoms with E-state index in [4.69, 9.17) is 31.3 Å². The van der Waals surface area contributed by atoms with Gasteiger partial charge in [0.1, 0.15) is 5.02 Å². The van der Waals surface area contributed by atoms with Crippen LogP contribution in [0.15, 0.2) is 16.7 Å². The highest BCUT2D eigenvalue weighted by molar-refractivity contribution is 6.32. The maximum Gasteiger partial charge on any atom is 0.231 e. The van der Waals surface area contributed by atoms with Crippen molar-refractivity contribution in [1.82, 2.24) is 5.16 Å². The van der Waals surface area contributed by atoms with Crippen molar-refractivity contribution in [3.63, 3.8) is 0 Å². The lowest BCUT2D eigenvalue weighted by molar-refractivity contribution is 0.174. The van der Waals surface area contributed by atoms with Crippen LogP contribution in [0, 0.1) is 5.82 Å². The third-order valence-electron chi connectivity index (χ3n) is 2.34. The van der Waals surface area contributed by atoms with Gasteiger partial charge in [-0.3, -0.25) is 0 Å². The zero-order chi connectivity index (χ0) is 12.0. The molecule has 5 nitrogen and oxygen atoms in total. The van der Waals surface area contributed by atoms with Crippen molar-refractivity contribution in [3.05, 3.63) is 23.0 Å². The van der Waals surface area contributed by atoms with E-state index >= 15 is 0 Å². The number of hydrogen-bond donors (Lipinski definition) is 1. The number of aromatic nitrogens is 1. The molecule has 1 aliphatic rings. The molecule has 2 heterocycles. The minimum Gasteiger partial charge on any atom is -0.454 e. The van der Waals surface area contributed by atoms with Gasteiger partial charge in [-0.2, -0.15) is 0 Å². The molecule has 0 saturated carbocycles. The summed E-state index contributed by atoms with van der Waals surface area (Å²) in [7, 11) is 0. The maximum absolute atomic E-state index is 14.0. The molecule has 0 aliphatic carbocycles. The van der Waals surface area contributed by atoms with Crippen LogP contribution >= 0.6 is 11.6 Å². The second-order valence-corrected chi connectivity index (χ2v) is 3.78. The minimum atomic E-state index is -0.660.